The first-order chi connectivity index (χ1) is 8.86. The Kier molecular flexibility index (Phi) is 3.99. The molecule has 0 aliphatic carbocycles. The molecule has 1 fully saturated rings. The van der Waals surface area contributed by atoms with Crippen LogP contribution in [0.25, 0.3) is 0 Å². The lowest BCUT2D eigenvalue weighted by Gasteiger charge is -2.32. The zero-order chi connectivity index (χ0) is 14.0. The summed E-state index contributed by atoms with van der Waals surface area (Å²) in [6.07, 6.45) is -3.85. The minimum absolute atomic E-state index is 0.101. The fraction of sp³-hybridized carbons (Fsp3) is 0.615. The second kappa shape index (κ2) is 5.36. The van der Waals surface area contributed by atoms with Crippen LogP contribution in [0.2, 0.25) is 0 Å². The van der Waals surface area contributed by atoms with Gasteiger partial charge >= 0.3 is 6.18 Å². The molecule has 0 aromatic carbocycles. The molecule has 1 aromatic rings. The highest BCUT2D eigenvalue weighted by Gasteiger charge is 2.41. The minimum Gasteiger partial charge on any atom is -0.506 e. The predicted molar refractivity (Wildman–Crippen MR) is 64.7 cm³/mol. The van der Waals surface area contributed by atoms with Crippen LogP contribution >= 0.6 is 0 Å². The number of pyridine rings is 1. The van der Waals surface area contributed by atoms with Gasteiger partial charge in [0.1, 0.15) is 5.75 Å². The summed E-state index contributed by atoms with van der Waals surface area (Å²) in [6, 6.07) is 3.27. The molecule has 106 valence electrons. The minimum atomic E-state index is -4.09. The van der Waals surface area contributed by atoms with Crippen molar-refractivity contribution in [1.29, 1.82) is 0 Å². The molecule has 6 heteroatoms. The Bertz CT molecular complexity index is 440. The van der Waals surface area contributed by atoms with Crippen LogP contribution in [0.4, 0.5) is 13.2 Å². The van der Waals surface area contributed by atoms with E-state index in [-0.39, 0.29) is 18.6 Å². The van der Waals surface area contributed by atoms with Crippen molar-refractivity contribution < 1.29 is 18.3 Å². The maximum absolute atomic E-state index is 12.5. The van der Waals surface area contributed by atoms with E-state index in [4.69, 9.17) is 0 Å². The van der Waals surface area contributed by atoms with Crippen molar-refractivity contribution in [2.75, 3.05) is 13.1 Å². The first-order valence-electron chi connectivity index (χ1n) is 6.31. The van der Waals surface area contributed by atoms with Crippen LogP contribution in [-0.4, -0.2) is 34.3 Å². The Morgan fingerprint density at radius 3 is 2.53 bits per heavy atom. The van der Waals surface area contributed by atoms with Crippen molar-refractivity contribution >= 4 is 0 Å². The van der Waals surface area contributed by atoms with Crippen molar-refractivity contribution in [1.82, 2.24) is 9.88 Å². The summed E-state index contributed by atoms with van der Waals surface area (Å²) in [5.74, 6) is -1.09. The van der Waals surface area contributed by atoms with Gasteiger partial charge in [0, 0.05) is 12.2 Å². The first kappa shape index (κ1) is 14.1. The number of hydrogen-bond acceptors (Lipinski definition) is 3. The fourth-order valence-electron chi connectivity index (χ4n) is 2.35. The van der Waals surface area contributed by atoms with E-state index in [0.29, 0.717) is 25.3 Å². The lowest BCUT2D eigenvalue weighted by atomic mass is 9.96. The molecular weight excluding hydrogens is 257 g/mol. The topological polar surface area (TPSA) is 36.4 Å². The molecule has 1 aliphatic heterocycles. The standard InChI is InChI=1S/C13H17F3N2O/c1-9-2-3-12(19)11(17-9)8-18-6-4-10(5-7-18)13(14,15)16/h2-3,10,19H,4-8H2,1H3. The lowest BCUT2D eigenvalue weighted by Crippen LogP contribution is -2.38. The van der Waals surface area contributed by atoms with Gasteiger partial charge in [-0.05, 0) is 45.0 Å². The van der Waals surface area contributed by atoms with E-state index < -0.39 is 12.1 Å². The summed E-state index contributed by atoms with van der Waals surface area (Å²) in [6.45, 7) is 3.00. The van der Waals surface area contributed by atoms with Crippen LogP contribution in [0.1, 0.15) is 24.2 Å². The van der Waals surface area contributed by atoms with Gasteiger partial charge in [-0.3, -0.25) is 9.88 Å². The number of nitrogens with zero attached hydrogens (tertiary/aromatic N) is 2. The van der Waals surface area contributed by atoms with E-state index in [2.05, 4.69) is 4.98 Å². The van der Waals surface area contributed by atoms with Gasteiger partial charge in [-0.2, -0.15) is 13.2 Å². The number of hydrogen-bond donors (Lipinski definition) is 1. The highest BCUT2D eigenvalue weighted by molar-refractivity contribution is 5.27. The van der Waals surface area contributed by atoms with E-state index in [1.165, 1.54) is 0 Å². The van der Waals surface area contributed by atoms with Gasteiger partial charge in [0.2, 0.25) is 0 Å². The molecule has 19 heavy (non-hydrogen) atoms. The lowest BCUT2D eigenvalue weighted by molar-refractivity contribution is -0.185. The van der Waals surface area contributed by atoms with E-state index in [0.717, 1.165) is 5.69 Å². The molecule has 0 bridgehead atoms. The van der Waals surface area contributed by atoms with Crippen LogP contribution in [0.15, 0.2) is 12.1 Å². The second-order valence-electron chi connectivity index (χ2n) is 5.01. The summed E-state index contributed by atoms with van der Waals surface area (Å²) in [4.78, 5) is 6.13. The zero-order valence-electron chi connectivity index (χ0n) is 10.7. The Labute approximate surface area is 110 Å². The molecular formula is C13H17F3N2O. The molecule has 3 nitrogen and oxygen atoms in total. The Hall–Kier alpha value is -1.30. The molecule has 0 unspecified atom stereocenters. The maximum Gasteiger partial charge on any atom is 0.391 e. The molecule has 1 aliphatic rings. The third-order valence-electron chi connectivity index (χ3n) is 3.51. The molecule has 0 spiro atoms. The summed E-state index contributed by atoms with van der Waals surface area (Å²) >= 11 is 0. The largest absolute Gasteiger partial charge is 0.506 e. The third kappa shape index (κ3) is 3.59. The second-order valence-corrected chi connectivity index (χ2v) is 5.01. The van der Waals surface area contributed by atoms with Crippen molar-refractivity contribution in [2.45, 2.75) is 32.5 Å². The Balaban J connectivity index is 1.94. The summed E-state index contributed by atoms with van der Waals surface area (Å²) in [7, 11) is 0. The van der Waals surface area contributed by atoms with E-state index >= 15 is 0 Å². The molecule has 1 N–H and O–H groups in total. The smallest absolute Gasteiger partial charge is 0.391 e. The normalized spacial score (nSPS) is 18.7. The van der Waals surface area contributed by atoms with Gasteiger partial charge in [0.15, 0.2) is 0 Å². The van der Waals surface area contributed by atoms with Crippen LogP contribution in [0, 0.1) is 12.8 Å². The van der Waals surface area contributed by atoms with Gasteiger partial charge in [-0.15, -0.1) is 0 Å². The zero-order valence-corrected chi connectivity index (χ0v) is 10.7. The van der Waals surface area contributed by atoms with Gasteiger partial charge in [0.05, 0.1) is 11.6 Å². The Morgan fingerprint density at radius 1 is 1.32 bits per heavy atom. The summed E-state index contributed by atoms with van der Waals surface area (Å²) in [5.41, 5.74) is 1.32. The van der Waals surface area contributed by atoms with E-state index in [9.17, 15) is 18.3 Å². The SMILES string of the molecule is Cc1ccc(O)c(CN2CCC(C(F)(F)F)CC2)n1. The number of aryl methyl sites for hydroxylation is 1. The van der Waals surface area contributed by atoms with Gasteiger partial charge < -0.3 is 5.11 Å². The predicted octanol–water partition coefficient (Wildman–Crippen LogP) is 2.87. The van der Waals surface area contributed by atoms with Crippen LogP contribution < -0.4 is 0 Å². The molecule has 0 saturated carbocycles. The number of aromatic nitrogens is 1. The molecule has 1 aromatic heterocycles. The Morgan fingerprint density at radius 2 is 1.95 bits per heavy atom. The summed E-state index contributed by atoms with van der Waals surface area (Å²) < 4.78 is 37.6. The van der Waals surface area contributed by atoms with Crippen LogP contribution in [0.5, 0.6) is 5.75 Å². The van der Waals surface area contributed by atoms with E-state index in [1.807, 2.05) is 11.8 Å². The van der Waals surface area contributed by atoms with E-state index in [1.54, 1.807) is 12.1 Å². The molecule has 2 rings (SSSR count). The summed E-state index contributed by atoms with van der Waals surface area (Å²) in [5, 5.41) is 9.68. The monoisotopic (exact) mass is 274 g/mol. The average molecular weight is 274 g/mol. The average Bonchev–Trinajstić information content (AvgIpc) is 2.33. The van der Waals surface area contributed by atoms with Crippen molar-refractivity contribution in [3.05, 3.63) is 23.5 Å². The van der Waals surface area contributed by atoms with Crippen LogP contribution in [0.3, 0.4) is 0 Å². The molecule has 0 atom stereocenters. The van der Waals surface area contributed by atoms with Gasteiger partial charge in [-0.25, -0.2) is 0 Å². The van der Waals surface area contributed by atoms with Crippen molar-refractivity contribution in [2.24, 2.45) is 5.92 Å². The van der Waals surface area contributed by atoms with Crippen molar-refractivity contribution in [3.8, 4) is 5.75 Å². The fourth-order valence-corrected chi connectivity index (χ4v) is 2.35. The van der Waals surface area contributed by atoms with Crippen molar-refractivity contribution in [3.63, 3.8) is 0 Å². The molecule has 1 saturated heterocycles. The highest BCUT2D eigenvalue weighted by Crippen LogP contribution is 2.34. The molecule has 0 amide bonds. The number of halogens is 3. The molecule has 2 heterocycles. The number of rotatable bonds is 2. The van der Waals surface area contributed by atoms with Gasteiger partial charge in [-0.1, -0.05) is 0 Å². The quantitative estimate of drug-likeness (QED) is 0.901. The third-order valence-corrected chi connectivity index (χ3v) is 3.51. The number of alkyl halides is 3. The highest BCUT2D eigenvalue weighted by atomic mass is 19.4. The van der Waals surface area contributed by atoms with Crippen LogP contribution in [-0.2, 0) is 6.54 Å². The first-order valence-corrected chi connectivity index (χ1v) is 6.31. The maximum atomic E-state index is 12.5. The number of aromatic hydroxyl groups is 1. The number of likely N-dealkylation sites (tertiary alicyclic amines) is 1. The molecule has 0 radical (unpaired) electrons. The number of piperidine rings is 1. The van der Waals surface area contributed by atoms with Gasteiger partial charge in [0.25, 0.3) is 0 Å².